The molecule has 1 aromatic rings. The third-order valence-electron chi connectivity index (χ3n) is 3.60. The van der Waals surface area contributed by atoms with E-state index in [0.717, 1.165) is 25.4 Å². The van der Waals surface area contributed by atoms with Crippen molar-refractivity contribution in [2.24, 2.45) is 0 Å². The van der Waals surface area contributed by atoms with E-state index in [2.05, 4.69) is 9.97 Å². The van der Waals surface area contributed by atoms with Crippen LogP contribution in [0.5, 0.6) is 6.01 Å². The lowest BCUT2D eigenvalue weighted by molar-refractivity contribution is -0.108. The molecule has 2 heterocycles. The third-order valence-corrected chi connectivity index (χ3v) is 3.60. The quantitative estimate of drug-likeness (QED) is 0.703. The molecule has 0 N–H and O–H groups in total. The second-order valence-electron chi connectivity index (χ2n) is 4.95. The summed E-state index contributed by atoms with van der Waals surface area (Å²) in [6.07, 6.45) is 2.79. The standard InChI is InChI=1S/C14H21FN4O2/c1-3-19(4-2)13-12(15)9-16-14(17-13)21-11-5-6-18(10-11)7-8-20/h8-9,11H,3-7,10H2,1-2H3. The van der Waals surface area contributed by atoms with Gasteiger partial charge in [-0.3, -0.25) is 4.90 Å². The van der Waals surface area contributed by atoms with Gasteiger partial charge in [0.15, 0.2) is 11.6 Å². The van der Waals surface area contributed by atoms with Crippen LogP contribution in [0.2, 0.25) is 0 Å². The second-order valence-corrected chi connectivity index (χ2v) is 4.95. The number of hydrogen-bond acceptors (Lipinski definition) is 6. The maximum atomic E-state index is 13.8. The van der Waals surface area contributed by atoms with Crippen molar-refractivity contribution in [1.82, 2.24) is 14.9 Å². The van der Waals surface area contributed by atoms with Crippen LogP contribution in [0.4, 0.5) is 10.2 Å². The third kappa shape index (κ3) is 3.87. The number of hydrogen-bond donors (Lipinski definition) is 0. The first-order valence-corrected chi connectivity index (χ1v) is 7.28. The Hall–Kier alpha value is -1.76. The molecule has 1 aromatic heterocycles. The molecule has 1 atom stereocenters. The van der Waals surface area contributed by atoms with E-state index in [0.29, 0.717) is 26.2 Å². The van der Waals surface area contributed by atoms with E-state index in [9.17, 15) is 9.18 Å². The topological polar surface area (TPSA) is 58.6 Å². The fourth-order valence-corrected chi connectivity index (χ4v) is 2.46. The molecule has 2 rings (SSSR count). The van der Waals surface area contributed by atoms with Crippen molar-refractivity contribution in [2.45, 2.75) is 26.4 Å². The van der Waals surface area contributed by atoms with Crippen LogP contribution in [0.3, 0.4) is 0 Å². The normalized spacial score (nSPS) is 18.7. The molecule has 1 unspecified atom stereocenters. The van der Waals surface area contributed by atoms with E-state index < -0.39 is 5.82 Å². The minimum atomic E-state index is -0.444. The minimum Gasteiger partial charge on any atom is -0.459 e. The summed E-state index contributed by atoms with van der Waals surface area (Å²) in [4.78, 5) is 22.4. The number of rotatable bonds is 7. The van der Waals surface area contributed by atoms with Crippen molar-refractivity contribution in [3.05, 3.63) is 12.0 Å². The van der Waals surface area contributed by atoms with E-state index in [1.807, 2.05) is 23.6 Å². The van der Waals surface area contributed by atoms with Crippen molar-refractivity contribution in [3.8, 4) is 6.01 Å². The molecular weight excluding hydrogens is 275 g/mol. The van der Waals surface area contributed by atoms with E-state index in [-0.39, 0.29) is 17.9 Å². The summed E-state index contributed by atoms with van der Waals surface area (Å²) in [6.45, 7) is 7.11. The van der Waals surface area contributed by atoms with Crippen LogP contribution in [0.25, 0.3) is 0 Å². The van der Waals surface area contributed by atoms with Gasteiger partial charge in [-0.2, -0.15) is 4.98 Å². The van der Waals surface area contributed by atoms with Gasteiger partial charge in [0, 0.05) is 26.2 Å². The predicted octanol–water partition coefficient (Wildman–Crippen LogP) is 1.11. The molecule has 0 aromatic carbocycles. The van der Waals surface area contributed by atoms with Gasteiger partial charge >= 0.3 is 6.01 Å². The fourth-order valence-electron chi connectivity index (χ4n) is 2.46. The van der Waals surface area contributed by atoms with Gasteiger partial charge in [-0.25, -0.2) is 9.37 Å². The van der Waals surface area contributed by atoms with Gasteiger partial charge in [-0.15, -0.1) is 0 Å². The SMILES string of the molecule is CCN(CC)c1nc(OC2CCN(CC=O)C2)ncc1F. The summed E-state index contributed by atoms with van der Waals surface area (Å²) < 4.78 is 19.5. The van der Waals surface area contributed by atoms with Crippen LogP contribution in [-0.2, 0) is 4.79 Å². The fraction of sp³-hybridized carbons (Fsp3) is 0.643. The lowest BCUT2D eigenvalue weighted by atomic mass is 10.3. The number of carbonyl (C=O) groups excluding carboxylic acids is 1. The van der Waals surface area contributed by atoms with E-state index in [1.54, 1.807) is 0 Å². The van der Waals surface area contributed by atoms with Crippen molar-refractivity contribution >= 4 is 12.1 Å². The molecule has 116 valence electrons. The van der Waals surface area contributed by atoms with Gasteiger partial charge in [0.1, 0.15) is 12.4 Å². The number of ether oxygens (including phenoxy) is 1. The Bertz CT molecular complexity index is 482. The number of likely N-dealkylation sites (tertiary alicyclic amines) is 1. The summed E-state index contributed by atoms with van der Waals surface area (Å²) in [7, 11) is 0. The number of halogens is 1. The molecule has 0 aliphatic carbocycles. The van der Waals surface area contributed by atoms with E-state index in [4.69, 9.17) is 4.74 Å². The molecule has 1 fully saturated rings. The second kappa shape index (κ2) is 7.31. The first-order valence-electron chi connectivity index (χ1n) is 7.28. The van der Waals surface area contributed by atoms with Crippen molar-refractivity contribution in [2.75, 3.05) is 37.6 Å². The van der Waals surface area contributed by atoms with E-state index >= 15 is 0 Å². The molecular formula is C14H21FN4O2. The monoisotopic (exact) mass is 296 g/mol. The summed E-state index contributed by atoms with van der Waals surface area (Å²) >= 11 is 0. The molecule has 0 radical (unpaired) electrons. The zero-order valence-electron chi connectivity index (χ0n) is 12.5. The average Bonchev–Trinajstić information content (AvgIpc) is 2.91. The molecule has 1 aliphatic rings. The van der Waals surface area contributed by atoms with Gasteiger partial charge in [-0.05, 0) is 20.3 Å². The molecule has 6 nitrogen and oxygen atoms in total. The maximum Gasteiger partial charge on any atom is 0.318 e. The summed E-state index contributed by atoms with van der Waals surface area (Å²) in [6, 6.07) is 0.191. The first-order chi connectivity index (χ1) is 10.2. The molecule has 21 heavy (non-hydrogen) atoms. The highest BCUT2D eigenvalue weighted by Crippen LogP contribution is 2.20. The zero-order chi connectivity index (χ0) is 15.2. The Morgan fingerprint density at radius 3 is 2.95 bits per heavy atom. The summed E-state index contributed by atoms with van der Waals surface area (Å²) in [5.74, 6) is -0.173. The van der Waals surface area contributed by atoms with Crippen LogP contribution in [0.15, 0.2) is 6.20 Å². The Morgan fingerprint density at radius 1 is 1.52 bits per heavy atom. The Kier molecular flexibility index (Phi) is 5.44. The van der Waals surface area contributed by atoms with Crippen LogP contribution < -0.4 is 9.64 Å². The van der Waals surface area contributed by atoms with Gasteiger partial charge in [0.2, 0.25) is 0 Å². The lowest BCUT2D eigenvalue weighted by Gasteiger charge is -2.21. The molecule has 0 saturated carbocycles. The highest BCUT2D eigenvalue weighted by Gasteiger charge is 2.25. The van der Waals surface area contributed by atoms with Crippen LogP contribution in [0, 0.1) is 5.82 Å². The molecule has 1 saturated heterocycles. The highest BCUT2D eigenvalue weighted by atomic mass is 19.1. The van der Waals surface area contributed by atoms with Crippen molar-refractivity contribution < 1.29 is 13.9 Å². The van der Waals surface area contributed by atoms with E-state index in [1.165, 1.54) is 0 Å². The molecule has 0 bridgehead atoms. The van der Waals surface area contributed by atoms with Gasteiger partial charge < -0.3 is 14.4 Å². The largest absolute Gasteiger partial charge is 0.459 e. The van der Waals surface area contributed by atoms with Crippen LogP contribution in [-0.4, -0.2) is 60.0 Å². The number of aldehydes is 1. The Morgan fingerprint density at radius 2 is 2.29 bits per heavy atom. The maximum absolute atomic E-state index is 13.8. The lowest BCUT2D eigenvalue weighted by Crippen LogP contribution is -2.27. The number of aromatic nitrogens is 2. The Balaban J connectivity index is 2.04. The predicted molar refractivity (Wildman–Crippen MR) is 77.1 cm³/mol. The number of anilines is 1. The van der Waals surface area contributed by atoms with Gasteiger partial charge in [0.25, 0.3) is 0 Å². The molecule has 0 amide bonds. The summed E-state index contributed by atoms with van der Waals surface area (Å²) in [5.41, 5.74) is 0. The van der Waals surface area contributed by atoms with Gasteiger partial charge in [-0.1, -0.05) is 0 Å². The minimum absolute atomic E-state index is 0.0556. The van der Waals surface area contributed by atoms with Crippen molar-refractivity contribution in [1.29, 1.82) is 0 Å². The molecule has 1 aliphatic heterocycles. The number of nitrogens with zero attached hydrogens (tertiary/aromatic N) is 4. The van der Waals surface area contributed by atoms with Crippen LogP contribution >= 0.6 is 0 Å². The van der Waals surface area contributed by atoms with Crippen LogP contribution in [0.1, 0.15) is 20.3 Å². The van der Waals surface area contributed by atoms with Crippen molar-refractivity contribution in [3.63, 3.8) is 0 Å². The molecule has 0 spiro atoms. The highest BCUT2D eigenvalue weighted by molar-refractivity contribution is 5.52. The number of carbonyl (C=O) groups is 1. The zero-order valence-corrected chi connectivity index (χ0v) is 12.5. The average molecular weight is 296 g/mol. The summed E-state index contributed by atoms with van der Waals surface area (Å²) in [5, 5.41) is 0. The smallest absolute Gasteiger partial charge is 0.318 e. The van der Waals surface area contributed by atoms with Gasteiger partial charge in [0.05, 0.1) is 12.7 Å². The Labute approximate surface area is 123 Å². The first kappa shape index (κ1) is 15.6. The molecule has 7 heteroatoms.